The zero-order valence-electron chi connectivity index (χ0n) is 8.98. The average molecular weight is 227 g/mol. The minimum absolute atomic E-state index is 0.355. The normalized spacial score (nSPS) is 24.0. The molecule has 2 unspecified atom stereocenters. The van der Waals surface area contributed by atoms with E-state index in [9.17, 15) is 5.11 Å². The van der Waals surface area contributed by atoms with Crippen LogP contribution >= 0.6 is 11.8 Å². The highest BCUT2D eigenvalue weighted by Gasteiger charge is 2.20. The Morgan fingerprint density at radius 2 is 2.60 bits per heavy atom. The molecule has 2 rings (SSSR count). The molecule has 2 heterocycles. The largest absolute Gasteiger partial charge is 0.445 e. The van der Waals surface area contributed by atoms with Crippen LogP contribution in [0.2, 0.25) is 0 Å². The van der Waals surface area contributed by atoms with E-state index in [1.807, 2.05) is 11.8 Å². The maximum atomic E-state index is 9.23. The summed E-state index contributed by atoms with van der Waals surface area (Å²) >= 11 is 1.97. The first kappa shape index (κ1) is 11.0. The molecule has 1 saturated heterocycles. The number of aromatic nitrogens is 1. The Labute approximate surface area is 94.3 Å². The highest BCUT2D eigenvalue weighted by Crippen LogP contribution is 2.30. The summed E-state index contributed by atoms with van der Waals surface area (Å²) in [7, 11) is 0. The van der Waals surface area contributed by atoms with Gasteiger partial charge in [-0.2, -0.15) is 11.8 Å². The fourth-order valence-electron chi connectivity index (χ4n) is 1.83. The van der Waals surface area contributed by atoms with Crippen molar-refractivity contribution in [2.75, 3.05) is 11.5 Å². The molecular formula is C11H17NO2S. The van der Waals surface area contributed by atoms with Crippen molar-refractivity contribution in [1.82, 2.24) is 4.98 Å². The summed E-state index contributed by atoms with van der Waals surface area (Å²) < 4.78 is 5.65. The summed E-state index contributed by atoms with van der Waals surface area (Å²) in [5, 5.41) is 9.23. The Bertz CT molecular complexity index is 305. The number of hydrogen-bond donors (Lipinski definition) is 1. The Kier molecular flexibility index (Phi) is 3.70. The molecule has 1 aromatic rings. The third-order valence-corrected chi connectivity index (χ3v) is 3.79. The van der Waals surface area contributed by atoms with Crippen molar-refractivity contribution in [1.29, 1.82) is 0 Å². The molecule has 84 valence electrons. The van der Waals surface area contributed by atoms with Gasteiger partial charge in [0, 0.05) is 18.1 Å². The number of rotatable bonds is 3. The summed E-state index contributed by atoms with van der Waals surface area (Å²) in [5.41, 5.74) is 0. The fourth-order valence-corrected chi connectivity index (χ4v) is 2.96. The van der Waals surface area contributed by atoms with Crippen molar-refractivity contribution < 1.29 is 9.52 Å². The van der Waals surface area contributed by atoms with E-state index < -0.39 is 0 Å². The molecule has 2 atom stereocenters. The van der Waals surface area contributed by atoms with Crippen LogP contribution in [-0.4, -0.2) is 27.7 Å². The molecule has 0 saturated carbocycles. The number of thioether (sulfide) groups is 1. The van der Waals surface area contributed by atoms with Crippen molar-refractivity contribution in [2.24, 2.45) is 0 Å². The number of hydrogen-bond acceptors (Lipinski definition) is 4. The van der Waals surface area contributed by atoms with Crippen molar-refractivity contribution in [3.8, 4) is 0 Å². The maximum absolute atomic E-state index is 9.23. The molecule has 0 radical (unpaired) electrons. The van der Waals surface area contributed by atoms with Gasteiger partial charge in [0.05, 0.1) is 12.3 Å². The van der Waals surface area contributed by atoms with Crippen LogP contribution in [0.1, 0.15) is 37.3 Å². The monoisotopic (exact) mass is 227 g/mol. The SMILES string of the molecule is CC(O)Cc1cnc(C2CCCSC2)o1. The number of aliphatic hydroxyl groups excluding tert-OH is 1. The summed E-state index contributed by atoms with van der Waals surface area (Å²) in [6, 6.07) is 0. The minimum Gasteiger partial charge on any atom is -0.445 e. The van der Waals surface area contributed by atoms with Crippen molar-refractivity contribution in [3.63, 3.8) is 0 Å². The first-order valence-electron chi connectivity index (χ1n) is 5.46. The van der Waals surface area contributed by atoms with Crippen LogP contribution in [0.4, 0.5) is 0 Å². The second-order valence-electron chi connectivity index (χ2n) is 4.13. The van der Waals surface area contributed by atoms with Gasteiger partial charge < -0.3 is 9.52 Å². The molecule has 0 spiro atoms. The quantitative estimate of drug-likeness (QED) is 0.860. The van der Waals surface area contributed by atoms with E-state index in [-0.39, 0.29) is 6.10 Å². The highest BCUT2D eigenvalue weighted by molar-refractivity contribution is 7.99. The summed E-state index contributed by atoms with van der Waals surface area (Å²) in [6.07, 6.45) is 4.39. The zero-order valence-corrected chi connectivity index (χ0v) is 9.80. The van der Waals surface area contributed by atoms with Gasteiger partial charge in [-0.3, -0.25) is 0 Å². The van der Waals surface area contributed by atoms with Crippen LogP contribution in [-0.2, 0) is 6.42 Å². The van der Waals surface area contributed by atoms with Gasteiger partial charge in [-0.1, -0.05) is 0 Å². The van der Waals surface area contributed by atoms with E-state index in [4.69, 9.17) is 4.42 Å². The summed E-state index contributed by atoms with van der Waals surface area (Å²) in [6.45, 7) is 1.76. The molecule has 0 aromatic carbocycles. The predicted octanol–water partition coefficient (Wildman–Crippen LogP) is 2.21. The van der Waals surface area contributed by atoms with E-state index in [0.717, 1.165) is 17.4 Å². The number of aliphatic hydroxyl groups is 1. The lowest BCUT2D eigenvalue weighted by atomic mass is 10.1. The van der Waals surface area contributed by atoms with Crippen LogP contribution in [0.3, 0.4) is 0 Å². The lowest BCUT2D eigenvalue weighted by Gasteiger charge is -2.17. The molecular weight excluding hydrogens is 210 g/mol. The van der Waals surface area contributed by atoms with E-state index in [1.165, 1.54) is 18.6 Å². The molecule has 0 bridgehead atoms. The van der Waals surface area contributed by atoms with Gasteiger partial charge >= 0.3 is 0 Å². The first-order chi connectivity index (χ1) is 7.25. The van der Waals surface area contributed by atoms with Crippen LogP contribution in [0.25, 0.3) is 0 Å². The lowest BCUT2D eigenvalue weighted by Crippen LogP contribution is -2.08. The maximum Gasteiger partial charge on any atom is 0.198 e. The van der Waals surface area contributed by atoms with E-state index >= 15 is 0 Å². The Morgan fingerprint density at radius 1 is 1.73 bits per heavy atom. The van der Waals surface area contributed by atoms with Gasteiger partial charge in [-0.05, 0) is 25.5 Å². The third-order valence-electron chi connectivity index (χ3n) is 2.58. The smallest absolute Gasteiger partial charge is 0.198 e. The van der Waals surface area contributed by atoms with E-state index in [1.54, 1.807) is 13.1 Å². The van der Waals surface area contributed by atoms with Gasteiger partial charge in [0.2, 0.25) is 0 Å². The van der Waals surface area contributed by atoms with Gasteiger partial charge in [0.15, 0.2) is 5.89 Å². The van der Waals surface area contributed by atoms with Gasteiger partial charge in [0.1, 0.15) is 5.76 Å². The van der Waals surface area contributed by atoms with Gasteiger partial charge in [0.25, 0.3) is 0 Å². The van der Waals surface area contributed by atoms with Crippen molar-refractivity contribution in [2.45, 2.75) is 38.2 Å². The highest BCUT2D eigenvalue weighted by atomic mass is 32.2. The van der Waals surface area contributed by atoms with Gasteiger partial charge in [-0.25, -0.2) is 4.98 Å². The third kappa shape index (κ3) is 2.98. The van der Waals surface area contributed by atoms with Crippen LogP contribution < -0.4 is 0 Å². The Morgan fingerprint density at radius 3 is 3.27 bits per heavy atom. The van der Waals surface area contributed by atoms with Crippen molar-refractivity contribution >= 4 is 11.8 Å². The Balaban J connectivity index is 1.99. The summed E-state index contributed by atoms with van der Waals surface area (Å²) in [5.74, 6) is 4.52. The van der Waals surface area contributed by atoms with Crippen LogP contribution in [0.15, 0.2) is 10.6 Å². The second-order valence-corrected chi connectivity index (χ2v) is 5.28. The minimum atomic E-state index is -0.355. The van der Waals surface area contributed by atoms with E-state index in [0.29, 0.717) is 12.3 Å². The summed E-state index contributed by atoms with van der Waals surface area (Å²) in [4.78, 5) is 4.30. The molecule has 4 heteroatoms. The molecule has 1 aliphatic rings. The zero-order chi connectivity index (χ0) is 10.7. The average Bonchev–Trinajstić information content (AvgIpc) is 2.67. The standard InChI is InChI=1S/C11H17NO2S/c1-8(13)5-10-6-12-11(14-10)9-3-2-4-15-7-9/h6,8-9,13H,2-5,7H2,1H3. The molecule has 15 heavy (non-hydrogen) atoms. The molecule has 1 aliphatic heterocycles. The molecule has 3 nitrogen and oxygen atoms in total. The predicted molar refractivity (Wildman–Crippen MR) is 61.2 cm³/mol. The van der Waals surface area contributed by atoms with Crippen LogP contribution in [0, 0.1) is 0 Å². The van der Waals surface area contributed by atoms with Crippen LogP contribution in [0.5, 0.6) is 0 Å². The Hall–Kier alpha value is -0.480. The van der Waals surface area contributed by atoms with Crippen molar-refractivity contribution in [3.05, 3.63) is 17.8 Å². The molecule has 1 fully saturated rings. The molecule has 1 aromatic heterocycles. The first-order valence-corrected chi connectivity index (χ1v) is 6.61. The lowest BCUT2D eigenvalue weighted by molar-refractivity contribution is 0.186. The molecule has 0 aliphatic carbocycles. The molecule has 1 N–H and O–H groups in total. The topological polar surface area (TPSA) is 46.3 Å². The molecule has 0 amide bonds. The second kappa shape index (κ2) is 5.03. The van der Waals surface area contributed by atoms with E-state index in [2.05, 4.69) is 4.98 Å². The number of oxazole rings is 1. The fraction of sp³-hybridized carbons (Fsp3) is 0.727. The van der Waals surface area contributed by atoms with Gasteiger partial charge in [-0.15, -0.1) is 0 Å². The number of nitrogens with zero attached hydrogens (tertiary/aromatic N) is 1.